The first-order valence-corrected chi connectivity index (χ1v) is 8.44. The van der Waals surface area contributed by atoms with Gasteiger partial charge in [-0.15, -0.1) is 11.3 Å². The molecule has 0 saturated carbocycles. The standard InChI is InChI=1S/C7H5NS.Br2S/c1-2-4-7-6(3-1)8-5-9-7;1-3-2/h1-5H;. The smallest absolute Gasteiger partial charge is 0.0812 e. The second-order valence-electron chi connectivity index (χ2n) is 1.88. The van der Waals surface area contributed by atoms with E-state index in [4.69, 9.17) is 0 Å². The second kappa shape index (κ2) is 5.96. The van der Waals surface area contributed by atoms with Crippen LogP contribution in [0.5, 0.6) is 0 Å². The van der Waals surface area contributed by atoms with Crippen molar-refractivity contribution < 1.29 is 0 Å². The summed E-state index contributed by atoms with van der Waals surface area (Å²) in [6.45, 7) is 0. The van der Waals surface area contributed by atoms with Gasteiger partial charge in [-0.3, -0.25) is 0 Å². The maximum Gasteiger partial charge on any atom is 0.0812 e. The molecule has 0 N–H and O–H groups in total. The third-order valence-electron chi connectivity index (χ3n) is 1.24. The molecular weight excluding hydrogens is 322 g/mol. The van der Waals surface area contributed by atoms with Crippen LogP contribution in [0.1, 0.15) is 0 Å². The van der Waals surface area contributed by atoms with Gasteiger partial charge in [0.25, 0.3) is 0 Å². The van der Waals surface area contributed by atoms with Gasteiger partial charge in [0.15, 0.2) is 0 Å². The molecular formula is C7H5Br2NS2. The quantitative estimate of drug-likeness (QED) is 0.699. The summed E-state index contributed by atoms with van der Waals surface area (Å²) in [5.41, 5.74) is 2.97. The molecule has 12 heavy (non-hydrogen) atoms. The molecule has 0 bridgehead atoms. The summed E-state index contributed by atoms with van der Waals surface area (Å²) in [5, 5.41) is 0. The minimum atomic E-state index is 1.10. The number of hydrogen-bond acceptors (Lipinski definition) is 3. The first-order chi connectivity index (χ1) is 5.88. The van der Waals surface area contributed by atoms with Crippen LogP contribution in [0.25, 0.3) is 10.2 Å². The monoisotopic (exact) mass is 325 g/mol. The van der Waals surface area contributed by atoms with Gasteiger partial charge in [0.2, 0.25) is 0 Å². The van der Waals surface area contributed by atoms with E-state index in [9.17, 15) is 0 Å². The topological polar surface area (TPSA) is 12.9 Å². The average molecular weight is 327 g/mol. The van der Waals surface area contributed by atoms with Gasteiger partial charge in [-0.1, -0.05) is 12.1 Å². The van der Waals surface area contributed by atoms with Crippen LogP contribution in [0, 0.1) is 0 Å². The summed E-state index contributed by atoms with van der Waals surface area (Å²) in [6.07, 6.45) is 0. The van der Waals surface area contributed by atoms with Crippen molar-refractivity contribution in [2.75, 3.05) is 0 Å². The van der Waals surface area contributed by atoms with Crippen LogP contribution in [0.3, 0.4) is 0 Å². The second-order valence-corrected chi connectivity index (χ2v) is 7.43. The maximum atomic E-state index is 4.14. The summed E-state index contributed by atoms with van der Waals surface area (Å²) in [5.74, 6) is 0. The Labute approximate surface area is 94.0 Å². The van der Waals surface area contributed by atoms with Crippen LogP contribution in [-0.4, -0.2) is 4.98 Å². The number of para-hydroxylation sites is 1. The average Bonchev–Trinajstić information content (AvgIpc) is 2.52. The Balaban J connectivity index is 0.000000213. The van der Waals surface area contributed by atoms with Crippen molar-refractivity contribution in [3.8, 4) is 0 Å². The van der Waals surface area contributed by atoms with Crippen LogP contribution in [-0.2, 0) is 0 Å². The van der Waals surface area contributed by atoms with E-state index in [0.29, 0.717) is 0 Å². The molecule has 2 aromatic rings. The number of benzene rings is 1. The van der Waals surface area contributed by atoms with E-state index in [-0.39, 0.29) is 0 Å². The summed E-state index contributed by atoms with van der Waals surface area (Å²) < 4.78 is 1.26. The van der Waals surface area contributed by atoms with Crippen molar-refractivity contribution >= 4 is 59.8 Å². The van der Waals surface area contributed by atoms with E-state index in [1.54, 1.807) is 11.3 Å². The summed E-state index contributed by atoms with van der Waals surface area (Å²) in [6, 6.07) is 8.13. The van der Waals surface area contributed by atoms with E-state index >= 15 is 0 Å². The molecule has 0 atom stereocenters. The highest BCUT2D eigenvalue weighted by atomic mass is 79.9. The number of rotatable bonds is 0. The molecule has 1 aromatic heterocycles. The van der Waals surface area contributed by atoms with E-state index in [1.807, 2.05) is 23.7 Å². The van der Waals surface area contributed by atoms with E-state index < -0.39 is 0 Å². The third kappa shape index (κ3) is 3.05. The summed E-state index contributed by atoms with van der Waals surface area (Å²) >= 11 is 7.63. The minimum absolute atomic E-state index is 1.10. The molecule has 0 unspecified atom stereocenters. The SMILES string of the molecule is BrSBr.c1ccc2scnc2c1. The molecule has 1 nitrogen and oxygen atoms in total. The van der Waals surface area contributed by atoms with Gasteiger partial charge >= 0.3 is 0 Å². The molecule has 0 radical (unpaired) electrons. The molecule has 1 aromatic carbocycles. The van der Waals surface area contributed by atoms with Crippen molar-refractivity contribution in [3.05, 3.63) is 29.8 Å². The Morgan fingerprint density at radius 2 is 1.92 bits per heavy atom. The van der Waals surface area contributed by atoms with Crippen molar-refractivity contribution in [1.29, 1.82) is 0 Å². The highest BCUT2D eigenvalue weighted by molar-refractivity contribution is 9.82. The lowest BCUT2D eigenvalue weighted by Crippen LogP contribution is -1.61. The highest BCUT2D eigenvalue weighted by Crippen LogP contribution is 2.17. The lowest BCUT2D eigenvalue weighted by atomic mass is 10.3. The Kier molecular flexibility index (Phi) is 5.22. The van der Waals surface area contributed by atoms with Crippen LogP contribution in [0.2, 0.25) is 0 Å². The first-order valence-electron chi connectivity index (χ1n) is 3.06. The fraction of sp³-hybridized carbons (Fsp3) is 0. The molecule has 0 amide bonds. The Hall–Kier alpha value is 0.420. The Morgan fingerprint density at radius 3 is 2.58 bits per heavy atom. The summed E-state index contributed by atoms with van der Waals surface area (Å²) in [4.78, 5) is 4.14. The molecule has 0 aliphatic carbocycles. The van der Waals surface area contributed by atoms with E-state index in [0.717, 1.165) is 5.52 Å². The normalized spacial score (nSPS) is 9.17. The van der Waals surface area contributed by atoms with Crippen molar-refractivity contribution in [1.82, 2.24) is 4.98 Å². The van der Waals surface area contributed by atoms with Gasteiger partial charge < -0.3 is 0 Å². The van der Waals surface area contributed by atoms with Crippen molar-refractivity contribution in [2.24, 2.45) is 0 Å². The van der Waals surface area contributed by atoms with Crippen LogP contribution in [0.4, 0.5) is 0 Å². The molecule has 5 heteroatoms. The fourth-order valence-corrected chi connectivity index (χ4v) is 1.48. The maximum absolute atomic E-state index is 4.14. The van der Waals surface area contributed by atoms with Gasteiger partial charge in [-0.05, 0) is 20.8 Å². The minimum Gasteiger partial charge on any atom is -0.245 e. The third-order valence-corrected chi connectivity index (χ3v) is 2.05. The fourth-order valence-electron chi connectivity index (χ4n) is 0.803. The molecule has 64 valence electrons. The first kappa shape index (κ1) is 10.5. The number of thiazole rings is 1. The van der Waals surface area contributed by atoms with Crippen LogP contribution < -0.4 is 0 Å². The molecule has 0 saturated heterocycles. The van der Waals surface area contributed by atoms with Crippen molar-refractivity contribution in [3.63, 3.8) is 0 Å². The zero-order valence-corrected chi connectivity index (χ0v) is 10.7. The van der Waals surface area contributed by atoms with Gasteiger partial charge in [-0.2, -0.15) is 0 Å². The number of halogens is 2. The lowest BCUT2D eigenvalue weighted by molar-refractivity contribution is 1.50. The zero-order valence-electron chi connectivity index (χ0n) is 5.91. The Morgan fingerprint density at radius 1 is 1.25 bits per heavy atom. The molecule has 0 spiro atoms. The summed E-state index contributed by atoms with van der Waals surface area (Å²) in [7, 11) is 1.38. The largest absolute Gasteiger partial charge is 0.245 e. The van der Waals surface area contributed by atoms with Gasteiger partial charge in [0.05, 0.1) is 15.7 Å². The van der Waals surface area contributed by atoms with Crippen LogP contribution in [0.15, 0.2) is 29.8 Å². The molecule has 0 aliphatic heterocycles. The Bertz CT molecular complexity index is 306. The number of aromatic nitrogens is 1. The molecule has 0 fully saturated rings. The molecule has 0 aliphatic rings. The van der Waals surface area contributed by atoms with E-state index in [1.165, 1.54) is 13.3 Å². The van der Waals surface area contributed by atoms with Crippen LogP contribution >= 0.6 is 49.6 Å². The van der Waals surface area contributed by atoms with Gasteiger partial charge in [-0.25, -0.2) is 4.98 Å². The highest BCUT2D eigenvalue weighted by Gasteiger charge is 1.89. The van der Waals surface area contributed by atoms with E-state index in [2.05, 4.69) is 40.7 Å². The number of nitrogens with zero attached hydrogens (tertiary/aromatic N) is 1. The number of hydrogen-bond donors (Lipinski definition) is 0. The zero-order chi connectivity index (χ0) is 8.81. The van der Waals surface area contributed by atoms with Crippen molar-refractivity contribution in [2.45, 2.75) is 0 Å². The van der Waals surface area contributed by atoms with Gasteiger partial charge in [0.1, 0.15) is 0 Å². The molecule has 1 heterocycles. The number of fused-ring (bicyclic) bond motifs is 1. The molecule has 2 rings (SSSR count). The lowest BCUT2D eigenvalue weighted by Gasteiger charge is -1.80. The predicted molar refractivity (Wildman–Crippen MR) is 65.1 cm³/mol. The van der Waals surface area contributed by atoms with Gasteiger partial charge in [0, 0.05) is 29.6 Å². The predicted octanol–water partition coefficient (Wildman–Crippen LogP) is 4.64.